The van der Waals surface area contributed by atoms with Crippen LogP contribution in [0, 0.1) is 5.92 Å². The summed E-state index contributed by atoms with van der Waals surface area (Å²) < 4.78 is 0. The molecule has 0 bridgehead atoms. The van der Waals surface area contributed by atoms with Crippen molar-refractivity contribution in [3.05, 3.63) is 0 Å². The fraction of sp³-hybridized carbons (Fsp3) is 1.00. The lowest BCUT2D eigenvalue weighted by Gasteiger charge is -2.33. The van der Waals surface area contributed by atoms with E-state index in [9.17, 15) is 0 Å². The molecule has 1 aliphatic rings. The van der Waals surface area contributed by atoms with Crippen LogP contribution in [0.3, 0.4) is 0 Å². The molecule has 0 aromatic carbocycles. The van der Waals surface area contributed by atoms with Gasteiger partial charge in [-0.1, -0.05) is 0 Å². The largest absolute Gasteiger partial charge is 0.330 e. The molecule has 1 rings (SSSR count). The van der Waals surface area contributed by atoms with E-state index in [1.807, 2.05) is 0 Å². The minimum atomic E-state index is 0.206. The molecule has 0 saturated carbocycles. The van der Waals surface area contributed by atoms with E-state index in [-0.39, 0.29) is 5.54 Å². The van der Waals surface area contributed by atoms with Gasteiger partial charge in [-0.25, -0.2) is 0 Å². The topological polar surface area (TPSA) is 41.3 Å². The number of hydrogen-bond donors (Lipinski definition) is 2. The van der Waals surface area contributed by atoms with Crippen LogP contribution in [-0.2, 0) is 0 Å². The summed E-state index contributed by atoms with van der Waals surface area (Å²) in [4.78, 5) is 2.42. The van der Waals surface area contributed by atoms with E-state index in [0.29, 0.717) is 0 Å². The maximum atomic E-state index is 5.59. The van der Waals surface area contributed by atoms with Crippen molar-refractivity contribution in [2.75, 3.05) is 33.2 Å². The highest BCUT2D eigenvalue weighted by Crippen LogP contribution is 2.16. The molecule has 1 heterocycles. The zero-order chi connectivity index (χ0) is 11.3. The Morgan fingerprint density at radius 2 is 1.93 bits per heavy atom. The van der Waals surface area contributed by atoms with Gasteiger partial charge in [0.05, 0.1) is 0 Å². The molecule has 0 unspecified atom stereocenters. The van der Waals surface area contributed by atoms with Gasteiger partial charge in [0.2, 0.25) is 0 Å². The molecule has 0 aromatic rings. The lowest BCUT2D eigenvalue weighted by atomic mass is 9.94. The summed E-state index contributed by atoms with van der Waals surface area (Å²) in [5.41, 5.74) is 5.80. The van der Waals surface area contributed by atoms with Gasteiger partial charge in [0.15, 0.2) is 0 Å². The molecule has 15 heavy (non-hydrogen) atoms. The quantitative estimate of drug-likeness (QED) is 0.717. The Morgan fingerprint density at radius 3 is 2.47 bits per heavy atom. The highest BCUT2D eigenvalue weighted by molar-refractivity contribution is 4.80. The fourth-order valence-corrected chi connectivity index (χ4v) is 2.14. The zero-order valence-corrected chi connectivity index (χ0v) is 10.6. The van der Waals surface area contributed by atoms with Crippen LogP contribution in [0.15, 0.2) is 0 Å². The van der Waals surface area contributed by atoms with E-state index in [1.165, 1.54) is 25.9 Å². The van der Waals surface area contributed by atoms with E-state index in [0.717, 1.165) is 25.4 Å². The third-order valence-corrected chi connectivity index (χ3v) is 3.48. The van der Waals surface area contributed by atoms with Crippen LogP contribution in [0.5, 0.6) is 0 Å². The molecule has 0 aromatic heterocycles. The van der Waals surface area contributed by atoms with Crippen molar-refractivity contribution >= 4 is 0 Å². The third-order valence-electron chi connectivity index (χ3n) is 3.48. The van der Waals surface area contributed by atoms with Crippen molar-refractivity contribution in [1.82, 2.24) is 10.2 Å². The molecule has 3 heteroatoms. The molecule has 3 nitrogen and oxygen atoms in total. The van der Waals surface area contributed by atoms with E-state index < -0.39 is 0 Å². The van der Waals surface area contributed by atoms with Gasteiger partial charge in [-0.3, -0.25) is 0 Å². The predicted molar refractivity (Wildman–Crippen MR) is 66.0 cm³/mol. The van der Waals surface area contributed by atoms with Gasteiger partial charge < -0.3 is 16.0 Å². The van der Waals surface area contributed by atoms with Gasteiger partial charge in [-0.15, -0.1) is 0 Å². The highest BCUT2D eigenvalue weighted by Gasteiger charge is 2.20. The monoisotopic (exact) mass is 213 g/mol. The average Bonchev–Trinajstić information content (AvgIpc) is 2.17. The van der Waals surface area contributed by atoms with Crippen LogP contribution in [0.25, 0.3) is 0 Å². The molecule has 1 aliphatic heterocycles. The van der Waals surface area contributed by atoms with E-state index in [2.05, 4.69) is 31.1 Å². The number of rotatable bonds is 5. The summed E-state index contributed by atoms with van der Waals surface area (Å²) in [5.74, 6) is 0.859. The number of nitrogens with one attached hydrogen (secondary N) is 1. The van der Waals surface area contributed by atoms with Crippen molar-refractivity contribution in [2.45, 2.75) is 38.6 Å². The van der Waals surface area contributed by atoms with Crippen molar-refractivity contribution in [3.8, 4) is 0 Å². The van der Waals surface area contributed by atoms with Crippen LogP contribution >= 0.6 is 0 Å². The third kappa shape index (κ3) is 4.96. The number of nitrogens with zero attached hydrogens (tertiary/aromatic N) is 1. The summed E-state index contributed by atoms with van der Waals surface area (Å²) in [6.45, 7) is 8.92. The minimum absolute atomic E-state index is 0.206. The Kier molecular flexibility index (Phi) is 5.03. The number of likely N-dealkylation sites (tertiary alicyclic amines) is 1. The van der Waals surface area contributed by atoms with E-state index in [1.54, 1.807) is 0 Å². The molecule has 0 radical (unpaired) electrons. The first-order chi connectivity index (χ1) is 7.03. The minimum Gasteiger partial charge on any atom is -0.330 e. The first-order valence-electron chi connectivity index (χ1n) is 6.17. The number of piperidine rings is 1. The second-order valence-electron chi connectivity index (χ2n) is 5.55. The average molecular weight is 213 g/mol. The van der Waals surface area contributed by atoms with E-state index in [4.69, 9.17) is 5.73 Å². The summed E-state index contributed by atoms with van der Waals surface area (Å²) >= 11 is 0. The summed E-state index contributed by atoms with van der Waals surface area (Å²) in [6.07, 6.45) is 3.73. The fourth-order valence-electron chi connectivity index (χ4n) is 2.14. The van der Waals surface area contributed by atoms with Gasteiger partial charge in [-0.2, -0.15) is 0 Å². The second kappa shape index (κ2) is 5.83. The molecular weight excluding hydrogens is 186 g/mol. The van der Waals surface area contributed by atoms with Crippen LogP contribution in [0.4, 0.5) is 0 Å². The Hall–Kier alpha value is -0.120. The van der Waals surface area contributed by atoms with Gasteiger partial charge in [-0.05, 0) is 72.3 Å². The van der Waals surface area contributed by atoms with Crippen LogP contribution in [-0.4, -0.2) is 43.7 Å². The van der Waals surface area contributed by atoms with Crippen LogP contribution in [0.1, 0.15) is 33.1 Å². The second-order valence-corrected chi connectivity index (χ2v) is 5.55. The van der Waals surface area contributed by atoms with Crippen LogP contribution < -0.4 is 11.1 Å². The molecule has 0 aliphatic carbocycles. The molecule has 3 N–H and O–H groups in total. The zero-order valence-electron chi connectivity index (χ0n) is 10.6. The van der Waals surface area contributed by atoms with Crippen molar-refractivity contribution in [3.63, 3.8) is 0 Å². The SMILES string of the molecule is CN1CCC(CNC(C)(C)CCN)CC1. The molecule has 0 atom stereocenters. The summed E-state index contributed by atoms with van der Waals surface area (Å²) in [6, 6.07) is 0. The first kappa shape index (κ1) is 12.9. The van der Waals surface area contributed by atoms with Gasteiger partial charge in [0.1, 0.15) is 0 Å². The molecule has 90 valence electrons. The van der Waals surface area contributed by atoms with E-state index >= 15 is 0 Å². The molecule has 0 amide bonds. The number of hydrogen-bond acceptors (Lipinski definition) is 3. The Bertz CT molecular complexity index is 172. The van der Waals surface area contributed by atoms with Crippen molar-refractivity contribution in [1.29, 1.82) is 0 Å². The van der Waals surface area contributed by atoms with Gasteiger partial charge >= 0.3 is 0 Å². The maximum Gasteiger partial charge on any atom is 0.0137 e. The van der Waals surface area contributed by atoms with Gasteiger partial charge in [0, 0.05) is 5.54 Å². The molecular formula is C12H27N3. The first-order valence-corrected chi connectivity index (χ1v) is 6.17. The Balaban J connectivity index is 2.19. The maximum absolute atomic E-state index is 5.59. The van der Waals surface area contributed by atoms with Crippen LogP contribution in [0.2, 0.25) is 0 Å². The predicted octanol–water partition coefficient (Wildman–Crippen LogP) is 1.05. The Labute approximate surface area is 94.4 Å². The van der Waals surface area contributed by atoms with Gasteiger partial charge in [0.25, 0.3) is 0 Å². The molecule has 1 fully saturated rings. The number of nitrogens with two attached hydrogens (primary N) is 1. The lowest BCUT2D eigenvalue weighted by molar-refractivity contribution is 0.204. The van der Waals surface area contributed by atoms with Crippen molar-refractivity contribution < 1.29 is 0 Å². The normalized spacial score (nSPS) is 20.8. The molecule has 1 saturated heterocycles. The van der Waals surface area contributed by atoms with Crippen molar-refractivity contribution in [2.24, 2.45) is 11.7 Å². The highest BCUT2D eigenvalue weighted by atomic mass is 15.1. The lowest BCUT2D eigenvalue weighted by Crippen LogP contribution is -2.45. The Morgan fingerprint density at radius 1 is 1.33 bits per heavy atom. The standard InChI is InChI=1S/C12H27N3/c1-12(2,6-7-13)14-10-11-4-8-15(3)9-5-11/h11,14H,4-10,13H2,1-3H3. The smallest absolute Gasteiger partial charge is 0.0137 e. The summed E-state index contributed by atoms with van der Waals surface area (Å²) in [5, 5.41) is 3.65. The summed E-state index contributed by atoms with van der Waals surface area (Å²) in [7, 11) is 2.21. The molecule has 0 spiro atoms.